The summed E-state index contributed by atoms with van der Waals surface area (Å²) >= 11 is 0. The Morgan fingerprint density at radius 3 is 3.00 bits per heavy atom. The lowest BCUT2D eigenvalue weighted by atomic mass is 9.95. The van der Waals surface area contributed by atoms with E-state index in [9.17, 15) is 0 Å². The topological polar surface area (TPSA) is 44.5 Å². The van der Waals surface area contributed by atoms with Crippen LogP contribution >= 0.6 is 0 Å². The third-order valence-corrected chi connectivity index (χ3v) is 4.06. The molecule has 3 rings (SSSR count). The van der Waals surface area contributed by atoms with Crippen molar-refractivity contribution in [2.24, 2.45) is 5.73 Å². The SMILES string of the molecule is CC1(C)Cc2cc(C(N)CC3CCCO3)ccc2O1. The van der Waals surface area contributed by atoms with E-state index < -0.39 is 0 Å². The van der Waals surface area contributed by atoms with E-state index >= 15 is 0 Å². The molecular formula is C16H23NO2. The van der Waals surface area contributed by atoms with Crippen LogP contribution in [-0.2, 0) is 11.2 Å². The molecule has 0 saturated carbocycles. The van der Waals surface area contributed by atoms with Crippen LogP contribution in [0.5, 0.6) is 5.75 Å². The van der Waals surface area contributed by atoms with Gasteiger partial charge in [-0.15, -0.1) is 0 Å². The highest BCUT2D eigenvalue weighted by molar-refractivity contribution is 5.42. The fourth-order valence-corrected chi connectivity index (χ4v) is 3.11. The summed E-state index contributed by atoms with van der Waals surface area (Å²) in [6, 6.07) is 6.44. The van der Waals surface area contributed by atoms with Crippen LogP contribution in [0.15, 0.2) is 18.2 Å². The Bertz CT molecular complexity index is 464. The van der Waals surface area contributed by atoms with Gasteiger partial charge in [0.2, 0.25) is 0 Å². The maximum atomic E-state index is 6.32. The number of hydrogen-bond acceptors (Lipinski definition) is 3. The highest BCUT2D eigenvalue weighted by Crippen LogP contribution is 2.36. The quantitative estimate of drug-likeness (QED) is 0.909. The van der Waals surface area contributed by atoms with Gasteiger partial charge >= 0.3 is 0 Å². The van der Waals surface area contributed by atoms with Crippen molar-refractivity contribution in [2.75, 3.05) is 6.61 Å². The Morgan fingerprint density at radius 1 is 1.42 bits per heavy atom. The molecule has 1 aromatic rings. The Labute approximate surface area is 115 Å². The average molecular weight is 261 g/mol. The summed E-state index contributed by atoms with van der Waals surface area (Å²) in [4.78, 5) is 0. The second-order valence-corrected chi connectivity index (χ2v) is 6.38. The van der Waals surface area contributed by atoms with Gasteiger partial charge in [-0.1, -0.05) is 12.1 Å². The van der Waals surface area contributed by atoms with Gasteiger partial charge in [0.15, 0.2) is 0 Å². The van der Waals surface area contributed by atoms with Crippen molar-refractivity contribution in [3.63, 3.8) is 0 Å². The predicted octanol–water partition coefficient (Wildman–Crippen LogP) is 2.97. The van der Waals surface area contributed by atoms with Gasteiger partial charge in [-0.2, -0.15) is 0 Å². The summed E-state index contributed by atoms with van der Waals surface area (Å²) in [6.45, 7) is 5.14. The van der Waals surface area contributed by atoms with E-state index in [4.69, 9.17) is 15.2 Å². The largest absolute Gasteiger partial charge is 0.487 e. The molecule has 0 radical (unpaired) electrons. The van der Waals surface area contributed by atoms with Crippen molar-refractivity contribution in [1.29, 1.82) is 0 Å². The summed E-state index contributed by atoms with van der Waals surface area (Å²) in [6.07, 6.45) is 4.54. The maximum absolute atomic E-state index is 6.32. The summed E-state index contributed by atoms with van der Waals surface area (Å²) in [5, 5.41) is 0. The van der Waals surface area contributed by atoms with E-state index in [1.807, 2.05) is 0 Å². The minimum absolute atomic E-state index is 0.0668. The van der Waals surface area contributed by atoms with Crippen LogP contribution in [-0.4, -0.2) is 18.3 Å². The van der Waals surface area contributed by atoms with Gasteiger partial charge in [-0.25, -0.2) is 0 Å². The molecule has 1 fully saturated rings. The first-order valence-corrected chi connectivity index (χ1v) is 7.22. The Hall–Kier alpha value is -1.06. The van der Waals surface area contributed by atoms with Crippen molar-refractivity contribution in [2.45, 2.75) is 57.3 Å². The monoisotopic (exact) mass is 261 g/mol. The molecule has 19 heavy (non-hydrogen) atoms. The van der Waals surface area contributed by atoms with Crippen LogP contribution in [0.1, 0.15) is 50.3 Å². The third kappa shape index (κ3) is 2.77. The highest BCUT2D eigenvalue weighted by atomic mass is 16.5. The first-order chi connectivity index (χ1) is 9.03. The van der Waals surface area contributed by atoms with Crippen LogP contribution in [0.4, 0.5) is 0 Å². The molecule has 2 atom stereocenters. The van der Waals surface area contributed by atoms with E-state index in [0.717, 1.165) is 31.6 Å². The minimum atomic E-state index is -0.0837. The van der Waals surface area contributed by atoms with Crippen LogP contribution in [0.3, 0.4) is 0 Å². The van der Waals surface area contributed by atoms with Crippen molar-refractivity contribution < 1.29 is 9.47 Å². The zero-order valence-electron chi connectivity index (χ0n) is 11.8. The molecular weight excluding hydrogens is 238 g/mol. The lowest BCUT2D eigenvalue weighted by molar-refractivity contribution is 0.0983. The molecule has 104 valence electrons. The molecule has 1 aromatic carbocycles. The lowest BCUT2D eigenvalue weighted by Gasteiger charge is -2.17. The molecule has 0 amide bonds. The number of hydrogen-bond donors (Lipinski definition) is 1. The van der Waals surface area contributed by atoms with Crippen LogP contribution in [0, 0.1) is 0 Å². The smallest absolute Gasteiger partial charge is 0.123 e. The van der Waals surface area contributed by atoms with E-state index in [1.165, 1.54) is 17.5 Å². The molecule has 3 nitrogen and oxygen atoms in total. The van der Waals surface area contributed by atoms with Gasteiger partial charge in [0, 0.05) is 19.1 Å². The summed E-state index contributed by atoms with van der Waals surface area (Å²) < 4.78 is 11.6. The van der Waals surface area contributed by atoms with Gasteiger partial charge < -0.3 is 15.2 Å². The van der Waals surface area contributed by atoms with Crippen molar-refractivity contribution in [1.82, 2.24) is 0 Å². The van der Waals surface area contributed by atoms with Crippen molar-refractivity contribution >= 4 is 0 Å². The van der Waals surface area contributed by atoms with Crippen LogP contribution < -0.4 is 10.5 Å². The summed E-state index contributed by atoms with van der Waals surface area (Å²) in [5.41, 5.74) is 8.72. The molecule has 0 aliphatic carbocycles. The second kappa shape index (κ2) is 4.80. The average Bonchev–Trinajstić information content (AvgIpc) is 2.93. The number of rotatable bonds is 3. The fraction of sp³-hybridized carbons (Fsp3) is 0.625. The molecule has 0 spiro atoms. The third-order valence-electron chi connectivity index (χ3n) is 4.06. The molecule has 2 unspecified atom stereocenters. The van der Waals surface area contributed by atoms with Gasteiger partial charge in [0.05, 0.1) is 6.10 Å². The number of nitrogens with two attached hydrogens (primary N) is 1. The van der Waals surface area contributed by atoms with Gasteiger partial charge in [0.25, 0.3) is 0 Å². The number of fused-ring (bicyclic) bond motifs is 1. The minimum Gasteiger partial charge on any atom is -0.487 e. The van der Waals surface area contributed by atoms with Gasteiger partial charge in [-0.3, -0.25) is 0 Å². The first-order valence-electron chi connectivity index (χ1n) is 7.22. The van der Waals surface area contributed by atoms with Gasteiger partial charge in [-0.05, 0) is 50.3 Å². The maximum Gasteiger partial charge on any atom is 0.123 e. The molecule has 2 N–H and O–H groups in total. The highest BCUT2D eigenvalue weighted by Gasteiger charge is 2.30. The lowest BCUT2D eigenvalue weighted by Crippen LogP contribution is -2.24. The standard InChI is InChI=1S/C16H23NO2/c1-16(2)10-12-8-11(5-6-15(12)19-16)14(17)9-13-4-3-7-18-13/h5-6,8,13-14H,3-4,7,9-10,17H2,1-2H3. The molecule has 1 saturated heterocycles. The number of ether oxygens (including phenoxy) is 2. The van der Waals surface area contributed by atoms with E-state index in [2.05, 4.69) is 32.0 Å². The molecule has 2 heterocycles. The van der Waals surface area contributed by atoms with Crippen molar-refractivity contribution in [3.8, 4) is 5.75 Å². The van der Waals surface area contributed by atoms with E-state index in [0.29, 0.717) is 6.10 Å². The zero-order chi connectivity index (χ0) is 13.5. The number of benzene rings is 1. The molecule has 0 bridgehead atoms. The zero-order valence-corrected chi connectivity index (χ0v) is 11.8. The van der Waals surface area contributed by atoms with Crippen molar-refractivity contribution in [3.05, 3.63) is 29.3 Å². The fourth-order valence-electron chi connectivity index (χ4n) is 3.11. The molecule has 2 aliphatic heterocycles. The molecule has 3 heteroatoms. The molecule has 0 aromatic heterocycles. The van der Waals surface area contributed by atoms with Gasteiger partial charge in [0.1, 0.15) is 11.4 Å². The Balaban J connectivity index is 1.72. The Kier molecular flexibility index (Phi) is 3.27. The molecule has 2 aliphatic rings. The van der Waals surface area contributed by atoms with Crippen LogP contribution in [0.2, 0.25) is 0 Å². The van der Waals surface area contributed by atoms with E-state index in [1.54, 1.807) is 0 Å². The Morgan fingerprint density at radius 2 is 2.26 bits per heavy atom. The first kappa shape index (κ1) is 12.9. The predicted molar refractivity (Wildman–Crippen MR) is 75.4 cm³/mol. The van der Waals surface area contributed by atoms with Crippen LogP contribution in [0.25, 0.3) is 0 Å². The summed E-state index contributed by atoms with van der Waals surface area (Å²) in [5.74, 6) is 1.01. The normalized spacial score (nSPS) is 25.9. The van der Waals surface area contributed by atoms with E-state index in [-0.39, 0.29) is 11.6 Å². The summed E-state index contributed by atoms with van der Waals surface area (Å²) in [7, 11) is 0. The second-order valence-electron chi connectivity index (χ2n) is 6.38.